The summed E-state index contributed by atoms with van der Waals surface area (Å²) < 4.78 is 5.73. The third-order valence-corrected chi connectivity index (χ3v) is 3.47. The first-order chi connectivity index (χ1) is 10.1. The molecule has 0 aromatic heterocycles. The van der Waals surface area contributed by atoms with Crippen molar-refractivity contribution in [2.45, 2.75) is 52.6 Å². The predicted molar refractivity (Wildman–Crippen MR) is 91.3 cm³/mol. The molecule has 2 rings (SSSR count). The molecule has 0 spiro atoms. The fourth-order valence-electron chi connectivity index (χ4n) is 2.98. The van der Waals surface area contributed by atoms with Crippen molar-refractivity contribution in [2.24, 2.45) is 0 Å². The Morgan fingerprint density at radius 1 is 0.864 bits per heavy atom. The van der Waals surface area contributed by atoms with E-state index in [2.05, 4.69) is 0 Å². The molecule has 2 aromatic rings. The van der Waals surface area contributed by atoms with Crippen molar-refractivity contribution in [3.05, 3.63) is 42.5 Å². The smallest absolute Gasteiger partial charge is 0.410 e. The van der Waals surface area contributed by atoms with Crippen molar-refractivity contribution in [3.8, 4) is 5.75 Å². The lowest BCUT2D eigenvalue weighted by Crippen LogP contribution is -2.56. The van der Waals surface area contributed by atoms with Gasteiger partial charge in [0.25, 0.3) is 0 Å². The van der Waals surface area contributed by atoms with Crippen LogP contribution in [0.1, 0.15) is 41.5 Å². The summed E-state index contributed by atoms with van der Waals surface area (Å²) in [6.07, 6.45) is -0.323. The Labute approximate surface area is 132 Å². The van der Waals surface area contributed by atoms with Crippen LogP contribution >= 0.6 is 0 Å². The van der Waals surface area contributed by atoms with Gasteiger partial charge in [0.2, 0.25) is 0 Å². The summed E-state index contributed by atoms with van der Waals surface area (Å²) in [5.41, 5.74) is -0.639. The van der Waals surface area contributed by atoms with E-state index < -0.39 is 0 Å². The van der Waals surface area contributed by atoms with Gasteiger partial charge in [0.15, 0.2) is 0 Å². The van der Waals surface area contributed by atoms with E-state index >= 15 is 0 Å². The van der Waals surface area contributed by atoms with Crippen LogP contribution < -0.4 is 4.74 Å². The quantitative estimate of drug-likeness (QED) is 0.721. The van der Waals surface area contributed by atoms with Gasteiger partial charge >= 0.3 is 6.09 Å². The number of benzene rings is 2. The highest BCUT2D eigenvalue weighted by molar-refractivity contribution is 5.90. The van der Waals surface area contributed by atoms with E-state index in [-0.39, 0.29) is 17.2 Å². The fraction of sp³-hybridized carbons (Fsp3) is 0.421. The molecule has 118 valence electrons. The Hall–Kier alpha value is -2.03. The van der Waals surface area contributed by atoms with Crippen LogP contribution in [0.3, 0.4) is 0 Å². The molecule has 0 atom stereocenters. The standard InChI is InChI=1S/C19H25NO2/c1-18(2,3)20(19(4,5)6)17(21)22-16-13-9-11-14-10-7-8-12-15(14)16/h7-13H,1-6H3. The van der Waals surface area contributed by atoms with Crippen LogP contribution in [0.25, 0.3) is 10.8 Å². The number of carbonyl (C=O) groups is 1. The summed E-state index contributed by atoms with van der Waals surface area (Å²) >= 11 is 0. The molecule has 0 fully saturated rings. The van der Waals surface area contributed by atoms with Crippen LogP contribution in [0, 0.1) is 0 Å². The van der Waals surface area contributed by atoms with Gasteiger partial charge in [-0.3, -0.25) is 4.90 Å². The van der Waals surface area contributed by atoms with Crippen molar-refractivity contribution in [3.63, 3.8) is 0 Å². The summed E-state index contributed by atoms with van der Waals surface area (Å²) in [5, 5.41) is 2.01. The highest BCUT2D eigenvalue weighted by atomic mass is 16.6. The van der Waals surface area contributed by atoms with E-state index in [4.69, 9.17) is 4.74 Å². The van der Waals surface area contributed by atoms with Crippen molar-refractivity contribution >= 4 is 16.9 Å². The zero-order chi connectivity index (χ0) is 16.5. The average Bonchev–Trinajstić information content (AvgIpc) is 2.35. The number of rotatable bonds is 1. The molecule has 22 heavy (non-hydrogen) atoms. The molecule has 0 heterocycles. The molecule has 0 radical (unpaired) electrons. The first-order valence-corrected chi connectivity index (χ1v) is 7.60. The zero-order valence-corrected chi connectivity index (χ0v) is 14.3. The van der Waals surface area contributed by atoms with E-state index in [1.54, 1.807) is 4.90 Å². The monoisotopic (exact) mass is 299 g/mol. The lowest BCUT2D eigenvalue weighted by atomic mass is 9.97. The van der Waals surface area contributed by atoms with Gasteiger partial charge in [0.05, 0.1) is 0 Å². The normalized spacial score (nSPS) is 12.3. The molecule has 3 nitrogen and oxygen atoms in total. The Morgan fingerprint density at radius 2 is 1.41 bits per heavy atom. The second-order valence-electron chi connectivity index (χ2n) is 7.52. The lowest BCUT2D eigenvalue weighted by Gasteiger charge is -2.44. The minimum Gasteiger partial charge on any atom is -0.410 e. The molecule has 1 amide bonds. The van der Waals surface area contributed by atoms with Gasteiger partial charge < -0.3 is 4.74 Å². The third-order valence-electron chi connectivity index (χ3n) is 3.47. The molecule has 3 heteroatoms. The van der Waals surface area contributed by atoms with Crippen LogP contribution in [0.5, 0.6) is 5.75 Å². The maximum Gasteiger partial charge on any atom is 0.416 e. The second kappa shape index (κ2) is 5.64. The number of amides is 1. The molecular weight excluding hydrogens is 274 g/mol. The van der Waals surface area contributed by atoms with Crippen LogP contribution in [-0.2, 0) is 0 Å². The van der Waals surface area contributed by atoms with E-state index in [0.29, 0.717) is 5.75 Å². The molecule has 0 bridgehead atoms. The first-order valence-electron chi connectivity index (χ1n) is 7.60. The molecule has 0 saturated heterocycles. The first kappa shape index (κ1) is 16.3. The van der Waals surface area contributed by atoms with Crippen LogP contribution in [0.4, 0.5) is 4.79 Å². The molecule has 2 aromatic carbocycles. The average molecular weight is 299 g/mol. The van der Waals surface area contributed by atoms with Gasteiger partial charge in [-0.2, -0.15) is 0 Å². The van der Waals surface area contributed by atoms with Gasteiger partial charge in [-0.25, -0.2) is 4.79 Å². The van der Waals surface area contributed by atoms with Gasteiger partial charge in [-0.1, -0.05) is 36.4 Å². The molecule has 0 unspecified atom stereocenters. The SMILES string of the molecule is CC(C)(C)N(C(=O)Oc1cccc2ccccc12)C(C)(C)C. The van der Waals surface area contributed by atoms with Crippen LogP contribution in [0.2, 0.25) is 0 Å². The van der Waals surface area contributed by atoms with Gasteiger partial charge in [0, 0.05) is 16.5 Å². The summed E-state index contributed by atoms with van der Waals surface area (Å²) in [5.74, 6) is 0.599. The number of ether oxygens (including phenoxy) is 1. The minimum atomic E-state index is -0.323. The van der Waals surface area contributed by atoms with Gasteiger partial charge in [-0.15, -0.1) is 0 Å². The second-order valence-corrected chi connectivity index (χ2v) is 7.52. The van der Waals surface area contributed by atoms with Gasteiger partial charge in [-0.05, 0) is 53.0 Å². The highest BCUT2D eigenvalue weighted by Crippen LogP contribution is 2.29. The summed E-state index contributed by atoms with van der Waals surface area (Å²) in [6, 6.07) is 13.7. The maximum atomic E-state index is 12.8. The Morgan fingerprint density at radius 3 is 2.00 bits per heavy atom. The van der Waals surface area contributed by atoms with E-state index in [1.165, 1.54) is 0 Å². The molecule has 0 saturated carbocycles. The number of fused-ring (bicyclic) bond motifs is 1. The van der Waals surface area contributed by atoms with Crippen molar-refractivity contribution < 1.29 is 9.53 Å². The Balaban J connectivity index is 2.37. The molecule has 0 aliphatic rings. The topological polar surface area (TPSA) is 29.5 Å². The van der Waals surface area contributed by atoms with Crippen molar-refractivity contribution in [1.29, 1.82) is 0 Å². The van der Waals surface area contributed by atoms with E-state index in [1.807, 2.05) is 84.0 Å². The van der Waals surface area contributed by atoms with Crippen LogP contribution in [0.15, 0.2) is 42.5 Å². The zero-order valence-electron chi connectivity index (χ0n) is 14.3. The number of carbonyl (C=O) groups excluding carboxylic acids is 1. The Bertz CT molecular complexity index is 658. The molecule has 0 aliphatic heterocycles. The fourth-order valence-corrected chi connectivity index (χ4v) is 2.98. The molecular formula is C19H25NO2. The van der Waals surface area contributed by atoms with Crippen molar-refractivity contribution in [2.75, 3.05) is 0 Å². The molecule has 0 aliphatic carbocycles. The largest absolute Gasteiger partial charge is 0.416 e. The van der Waals surface area contributed by atoms with Gasteiger partial charge in [0.1, 0.15) is 5.75 Å². The third kappa shape index (κ3) is 3.41. The van der Waals surface area contributed by atoms with Crippen LogP contribution in [-0.4, -0.2) is 22.1 Å². The number of nitrogens with zero attached hydrogens (tertiary/aromatic N) is 1. The maximum absolute atomic E-state index is 12.8. The molecule has 0 N–H and O–H groups in total. The van der Waals surface area contributed by atoms with E-state index in [9.17, 15) is 4.79 Å². The lowest BCUT2D eigenvalue weighted by molar-refractivity contribution is 0.0470. The predicted octanol–water partition coefficient (Wildman–Crippen LogP) is 5.24. The highest BCUT2D eigenvalue weighted by Gasteiger charge is 2.37. The van der Waals surface area contributed by atoms with Crippen molar-refractivity contribution in [1.82, 2.24) is 4.90 Å². The Kier molecular flexibility index (Phi) is 4.19. The summed E-state index contributed by atoms with van der Waals surface area (Å²) in [4.78, 5) is 14.5. The number of hydrogen-bond acceptors (Lipinski definition) is 2. The summed E-state index contributed by atoms with van der Waals surface area (Å²) in [6.45, 7) is 12.1. The van der Waals surface area contributed by atoms with E-state index in [0.717, 1.165) is 10.8 Å². The number of hydrogen-bond donors (Lipinski definition) is 0. The minimum absolute atomic E-state index is 0.320. The summed E-state index contributed by atoms with van der Waals surface area (Å²) in [7, 11) is 0.